The molecule has 1 spiro atoms. The van der Waals surface area contributed by atoms with Gasteiger partial charge in [-0.3, -0.25) is 16.0 Å². The zero-order chi connectivity index (χ0) is 20.9. The number of carbonyl (C=O) groups is 1. The van der Waals surface area contributed by atoms with Gasteiger partial charge in [0, 0.05) is 5.92 Å². The predicted octanol–water partition coefficient (Wildman–Crippen LogP) is -1.28. The maximum absolute atomic E-state index is 12.7. The summed E-state index contributed by atoms with van der Waals surface area (Å²) in [6.45, 7) is 0.942. The van der Waals surface area contributed by atoms with Crippen LogP contribution in [0.5, 0.6) is 0 Å². The van der Waals surface area contributed by atoms with Gasteiger partial charge in [-0.2, -0.15) is 5.06 Å². The molecule has 0 amide bonds. The number of esters is 1. The van der Waals surface area contributed by atoms with Gasteiger partial charge in [-0.15, -0.1) is 0 Å². The van der Waals surface area contributed by atoms with Crippen molar-refractivity contribution >= 4 is 17.9 Å². The maximum Gasteiger partial charge on any atom is 0.338 e. The standard InChI is InChI=1S/C18H24N6O5/c1-9-13(29-15(27)10-5-3-2-4-6-10)12(8-26)23-16(19)21-11(7-25)14-18(9,23)24(28)17(20)22-14/h2-6,9,11-14,25-26,28H,7-8H2,1H3,(H2,19,21)(H2,20,22)/t9?,11-,12?,13+,14?,18?/m0/s1. The molecule has 11 nitrogen and oxygen atoms in total. The van der Waals surface area contributed by atoms with E-state index >= 15 is 0 Å². The highest BCUT2D eigenvalue weighted by Crippen LogP contribution is 2.49. The van der Waals surface area contributed by atoms with Crippen LogP contribution in [0.2, 0.25) is 0 Å². The summed E-state index contributed by atoms with van der Waals surface area (Å²) in [4.78, 5) is 14.1. The molecule has 1 aromatic rings. The molecule has 29 heavy (non-hydrogen) atoms. The fourth-order valence-corrected chi connectivity index (χ4v) is 4.91. The van der Waals surface area contributed by atoms with Crippen molar-refractivity contribution < 1.29 is 25.0 Å². The Bertz CT molecular complexity index is 837. The van der Waals surface area contributed by atoms with Crippen molar-refractivity contribution in [2.45, 2.75) is 36.8 Å². The maximum atomic E-state index is 12.7. The van der Waals surface area contributed by atoms with Gasteiger partial charge in [-0.1, -0.05) is 25.1 Å². The molecule has 4 unspecified atom stereocenters. The second kappa shape index (κ2) is 6.87. The number of aliphatic hydroxyl groups excluding tert-OH is 2. The second-order valence-electron chi connectivity index (χ2n) is 7.49. The Balaban J connectivity index is 1.76. The fraction of sp³-hybridized carbons (Fsp3) is 0.500. The van der Waals surface area contributed by atoms with E-state index < -0.39 is 48.4 Å². The average molecular weight is 404 g/mol. The van der Waals surface area contributed by atoms with Gasteiger partial charge in [0.25, 0.3) is 0 Å². The molecule has 4 rings (SSSR count). The van der Waals surface area contributed by atoms with Crippen molar-refractivity contribution in [2.24, 2.45) is 5.92 Å². The number of ether oxygens (including phenoxy) is 1. The summed E-state index contributed by atoms with van der Waals surface area (Å²) >= 11 is 0. The molecule has 3 aliphatic rings. The van der Waals surface area contributed by atoms with E-state index in [0.29, 0.717) is 10.6 Å². The normalized spacial score (nSPS) is 35.7. The number of nitrogens with zero attached hydrogens (tertiary/aromatic N) is 2. The van der Waals surface area contributed by atoms with E-state index in [0.717, 1.165) is 0 Å². The zero-order valence-electron chi connectivity index (χ0n) is 15.7. The van der Waals surface area contributed by atoms with Crippen LogP contribution in [-0.2, 0) is 4.74 Å². The molecule has 0 radical (unpaired) electrons. The van der Waals surface area contributed by atoms with Gasteiger partial charge in [0.1, 0.15) is 6.10 Å². The Kier molecular flexibility index (Phi) is 4.60. The molecule has 0 saturated carbocycles. The van der Waals surface area contributed by atoms with Gasteiger partial charge in [0.15, 0.2) is 11.6 Å². The largest absolute Gasteiger partial charge is 0.456 e. The summed E-state index contributed by atoms with van der Waals surface area (Å²) in [5.41, 5.74) is -1.04. The lowest BCUT2D eigenvalue weighted by Gasteiger charge is -2.52. The third kappa shape index (κ3) is 2.51. The third-order valence-corrected chi connectivity index (χ3v) is 6.16. The summed E-state index contributed by atoms with van der Waals surface area (Å²) in [5, 5.41) is 53.6. The molecule has 3 fully saturated rings. The Morgan fingerprint density at radius 2 is 1.86 bits per heavy atom. The highest BCUT2D eigenvalue weighted by Gasteiger charge is 2.72. The molecule has 0 aromatic heterocycles. The molecule has 1 aromatic carbocycles. The van der Waals surface area contributed by atoms with E-state index in [9.17, 15) is 20.2 Å². The van der Waals surface area contributed by atoms with Crippen molar-refractivity contribution in [3.05, 3.63) is 35.9 Å². The number of benzene rings is 1. The summed E-state index contributed by atoms with van der Waals surface area (Å²) in [7, 11) is 0. The fourth-order valence-electron chi connectivity index (χ4n) is 4.91. The quantitative estimate of drug-likeness (QED) is 0.303. The van der Waals surface area contributed by atoms with Crippen LogP contribution in [0.4, 0.5) is 0 Å². The summed E-state index contributed by atoms with van der Waals surface area (Å²) in [6.07, 6.45) is -0.878. The first-order valence-corrected chi connectivity index (χ1v) is 9.34. The minimum Gasteiger partial charge on any atom is -0.456 e. The molecule has 3 aliphatic heterocycles. The van der Waals surface area contributed by atoms with Crippen LogP contribution in [0.1, 0.15) is 17.3 Å². The van der Waals surface area contributed by atoms with Crippen molar-refractivity contribution in [2.75, 3.05) is 13.2 Å². The lowest BCUT2D eigenvalue weighted by molar-refractivity contribution is -0.174. The van der Waals surface area contributed by atoms with Crippen LogP contribution in [0, 0.1) is 16.7 Å². The predicted molar refractivity (Wildman–Crippen MR) is 100 cm³/mol. The van der Waals surface area contributed by atoms with Gasteiger partial charge < -0.3 is 30.5 Å². The molecule has 7 N–H and O–H groups in total. The number of hydroxylamine groups is 2. The molecule has 11 heteroatoms. The van der Waals surface area contributed by atoms with Crippen LogP contribution >= 0.6 is 0 Å². The van der Waals surface area contributed by atoms with Crippen molar-refractivity contribution in [1.82, 2.24) is 20.6 Å². The van der Waals surface area contributed by atoms with Crippen LogP contribution < -0.4 is 10.6 Å². The van der Waals surface area contributed by atoms with Crippen LogP contribution in [0.15, 0.2) is 30.3 Å². The number of hydrogen-bond donors (Lipinski definition) is 7. The van der Waals surface area contributed by atoms with Crippen molar-refractivity contribution in [3.63, 3.8) is 0 Å². The van der Waals surface area contributed by atoms with E-state index in [1.807, 2.05) is 0 Å². The molecule has 3 heterocycles. The first kappa shape index (κ1) is 19.4. The molecule has 0 bridgehead atoms. The van der Waals surface area contributed by atoms with E-state index in [-0.39, 0.29) is 18.5 Å². The SMILES string of the molecule is CC1[C@@H](OC(=O)c2ccccc2)C(CO)N2C(=N)N[C@@H](CO)C3NC(=N)N(O)C132. The number of rotatable bonds is 4. The topological polar surface area (TPSA) is 165 Å². The van der Waals surface area contributed by atoms with Gasteiger partial charge in [0.2, 0.25) is 5.96 Å². The smallest absolute Gasteiger partial charge is 0.338 e. The second-order valence-corrected chi connectivity index (χ2v) is 7.49. The highest BCUT2D eigenvalue weighted by atomic mass is 16.6. The number of nitrogens with one attached hydrogen (secondary N) is 4. The third-order valence-electron chi connectivity index (χ3n) is 6.16. The summed E-state index contributed by atoms with van der Waals surface area (Å²) in [5.74, 6) is -1.64. The van der Waals surface area contributed by atoms with Crippen LogP contribution in [-0.4, -0.2) is 86.4 Å². The lowest BCUT2D eigenvalue weighted by atomic mass is 9.82. The zero-order valence-corrected chi connectivity index (χ0v) is 15.7. The molecule has 6 atom stereocenters. The van der Waals surface area contributed by atoms with Gasteiger partial charge in [-0.25, -0.2) is 4.79 Å². The molecule has 156 valence electrons. The first-order chi connectivity index (χ1) is 13.9. The number of guanidine groups is 2. The van der Waals surface area contributed by atoms with Gasteiger partial charge >= 0.3 is 5.97 Å². The Hall–Kier alpha value is -2.89. The van der Waals surface area contributed by atoms with Gasteiger partial charge in [-0.05, 0) is 12.1 Å². The number of carbonyl (C=O) groups excluding carboxylic acids is 1. The minimum absolute atomic E-state index is 0.139. The van der Waals surface area contributed by atoms with E-state index in [1.165, 1.54) is 4.90 Å². The van der Waals surface area contributed by atoms with Crippen LogP contribution in [0.25, 0.3) is 0 Å². The summed E-state index contributed by atoms with van der Waals surface area (Å²) in [6, 6.07) is 6.23. The molecular formula is C18H24N6O5. The number of aliphatic hydroxyl groups is 2. The van der Waals surface area contributed by atoms with E-state index in [1.54, 1.807) is 37.3 Å². The van der Waals surface area contributed by atoms with E-state index in [4.69, 9.17) is 15.6 Å². The molecule has 3 saturated heterocycles. The van der Waals surface area contributed by atoms with Crippen molar-refractivity contribution in [3.8, 4) is 0 Å². The van der Waals surface area contributed by atoms with Crippen LogP contribution in [0.3, 0.4) is 0 Å². The monoisotopic (exact) mass is 404 g/mol. The molecule has 0 aliphatic carbocycles. The summed E-state index contributed by atoms with van der Waals surface area (Å²) < 4.78 is 5.75. The lowest BCUT2D eigenvalue weighted by Crippen LogP contribution is -2.77. The first-order valence-electron chi connectivity index (χ1n) is 9.34. The Morgan fingerprint density at radius 1 is 1.17 bits per heavy atom. The van der Waals surface area contributed by atoms with Gasteiger partial charge in [0.05, 0.1) is 36.9 Å². The Morgan fingerprint density at radius 3 is 2.48 bits per heavy atom. The molecular weight excluding hydrogens is 380 g/mol. The average Bonchev–Trinajstić information content (AvgIpc) is 3.14. The highest BCUT2D eigenvalue weighted by molar-refractivity contribution is 5.90. The minimum atomic E-state index is -1.39. The van der Waals surface area contributed by atoms with E-state index in [2.05, 4.69) is 10.6 Å². The van der Waals surface area contributed by atoms with Crippen molar-refractivity contribution in [1.29, 1.82) is 10.8 Å². The number of hydrogen-bond acceptors (Lipinski definition) is 7. The Labute approximate surface area is 166 Å².